The van der Waals surface area contributed by atoms with E-state index in [1.54, 1.807) is 0 Å². The summed E-state index contributed by atoms with van der Waals surface area (Å²) in [5.41, 5.74) is 8.78. The number of hydrogen-bond donors (Lipinski definition) is 0. The molecule has 0 atom stereocenters. The van der Waals surface area contributed by atoms with E-state index in [1.165, 1.54) is 38.3 Å². The number of fused-ring (bicyclic) bond motifs is 4. The van der Waals surface area contributed by atoms with Gasteiger partial charge in [0.2, 0.25) is 0 Å². The summed E-state index contributed by atoms with van der Waals surface area (Å²) in [4.78, 5) is 14.8. The molecule has 0 aliphatic heterocycles. The highest BCUT2D eigenvalue weighted by atomic mass is 15.0. The standard InChI is InChI=1S/C43H28N4/c1-4-12-30(13-5-1)41-44-42(31-14-6-2-7-15-31)46-43(45-41)34-23-21-29-20-22-32(26-35(29)27-34)33-24-25-40-38(28-33)37-18-10-11-19-39(37)47(40)36-16-8-3-9-17-36/h1-28H. The van der Waals surface area contributed by atoms with E-state index in [4.69, 9.17) is 15.0 Å². The lowest BCUT2D eigenvalue weighted by molar-refractivity contribution is 1.07. The molecule has 0 amide bonds. The van der Waals surface area contributed by atoms with Gasteiger partial charge in [-0.15, -0.1) is 0 Å². The van der Waals surface area contributed by atoms with Crippen LogP contribution in [0.3, 0.4) is 0 Å². The second-order valence-electron chi connectivity index (χ2n) is 11.7. The molecule has 7 aromatic carbocycles. The van der Waals surface area contributed by atoms with Crippen molar-refractivity contribution in [2.24, 2.45) is 0 Å². The molecule has 4 heteroatoms. The predicted molar refractivity (Wildman–Crippen MR) is 193 cm³/mol. The minimum absolute atomic E-state index is 0.653. The van der Waals surface area contributed by atoms with Crippen LogP contribution in [0.1, 0.15) is 0 Å². The van der Waals surface area contributed by atoms with Crippen molar-refractivity contribution in [3.05, 3.63) is 170 Å². The lowest BCUT2D eigenvalue weighted by Crippen LogP contribution is -2.00. The summed E-state index contributed by atoms with van der Waals surface area (Å²) in [6, 6.07) is 59.4. The summed E-state index contributed by atoms with van der Waals surface area (Å²) in [6.07, 6.45) is 0. The molecule has 0 radical (unpaired) electrons. The zero-order chi connectivity index (χ0) is 31.2. The summed E-state index contributed by atoms with van der Waals surface area (Å²) in [5.74, 6) is 1.97. The third-order valence-electron chi connectivity index (χ3n) is 8.82. The molecule has 0 fully saturated rings. The first-order valence-corrected chi connectivity index (χ1v) is 15.8. The lowest BCUT2D eigenvalue weighted by atomic mass is 9.98. The highest BCUT2D eigenvalue weighted by Gasteiger charge is 2.15. The maximum atomic E-state index is 4.95. The minimum Gasteiger partial charge on any atom is -0.309 e. The highest BCUT2D eigenvalue weighted by Crippen LogP contribution is 2.36. The van der Waals surface area contributed by atoms with Gasteiger partial charge < -0.3 is 4.57 Å². The molecule has 220 valence electrons. The average molecular weight is 601 g/mol. The van der Waals surface area contributed by atoms with Crippen LogP contribution in [0.5, 0.6) is 0 Å². The van der Waals surface area contributed by atoms with Crippen LogP contribution in [0.4, 0.5) is 0 Å². The van der Waals surface area contributed by atoms with Gasteiger partial charge in [-0.3, -0.25) is 0 Å². The Morgan fingerprint density at radius 2 is 0.809 bits per heavy atom. The number of benzene rings is 7. The Morgan fingerprint density at radius 1 is 0.319 bits per heavy atom. The fourth-order valence-electron chi connectivity index (χ4n) is 6.51. The van der Waals surface area contributed by atoms with Gasteiger partial charge in [0.05, 0.1) is 11.0 Å². The SMILES string of the molecule is c1ccc(-c2nc(-c3ccccc3)nc(-c3ccc4ccc(-c5ccc6c(c5)c5ccccc5n6-c5ccccc5)cc4c3)n2)cc1. The van der Waals surface area contributed by atoms with Crippen molar-refractivity contribution in [3.8, 4) is 51.0 Å². The van der Waals surface area contributed by atoms with E-state index in [0.29, 0.717) is 17.5 Å². The molecule has 0 aliphatic carbocycles. The fourth-order valence-corrected chi connectivity index (χ4v) is 6.51. The molecule has 0 saturated carbocycles. The van der Waals surface area contributed by atoms with E-state index < -0.39 is 0 Å². The van der Waals surface area contributed by atoms with Gasteiger partial charge in [0.1, 0.15) is 0 Å². The fraction of sp³-hybridized carbons (Fsp3) is 0. The molecule has 0 bridgehead atoms. The van der Waals surface area contributed by atoms with Crippen LogP contribution in [0.25, 0.3) is 83.6 Å². The summed E-state index contributed by atoms with van der Waals surface area (Å²) in [5, 5.41) is 4.78. The number of aromatic nitrogens is 4. The van der Waals surface area contributed by atoms with Gasteiger partial charge in [0, 0.05) is 33.2 Å². The Labute approximate surface area is 272 Å². The van der Waals surface area contributed by atoms with Crippen molar-refractivity contribution in [1.82, 2.24) is 19.5 Å². The molecule has 0 saturated heterocycles. The molecule has 2 heterocycles. The zero-order valence-corrected chi connectivity index (χ0v) is 25.5. The van der Waals surface area contributed by atoms with Crippen molar-refractivity contribution in [2.75, 3.05) is 0 Å². The van der Waals surface area contributed by atoms with Gasteiger partial charge in [-0.25, -0.2) is 15.0 Å². The van der Waals surface area contributed by atoms with E-state index in [-0.39, 0.29) is 0 Å². The number of nitrogens with zero attached hydrogens (tertiary/aromatic N) is 4. The van der Waals surface area contributed by atoms with Crippen LogP contribution in [0, 0.1) is 0 Å². The summed E-state index contributed by atoms with van der Waals surface area (Å²) in [6.45, 7) is 0. The quantitative estimate of drug-likeness (QED) is 0.197. The maximum Gasteiger partial charge on any atom is 0.164 e. The Balaban J connectivity index is 1.16. The lowest BCUT2D eigenvalue weighted by Gasteiger charge is -2.10. The van der Waals surface area contributed by atoms with Crippen LogP contribution >= 0.6 is 0 Å². The Hall–Kier alpha value is -6.39. The van der Waals surface area contributed by atoms with E-state index >= 15 is 0 Å². The molecule has 47 heavy (non-hydrogen) atoms. The Bertz CT molecular complexity index is 2500. The van der Waals surface area contributed by atoms with E-state index in [2.05, 4.69) is 114 Å². The first-order chi connectivity index (χ1) is 23.3. The van der Waals surface area contributed by atoms with Crippen molar-refractivity contribution < 1.29 is 0 Å². The number of rotatable bonds is 5. The van der Waals surface area contributed by atoms with Gasteiger partial charge in [0.15, 0.2) is 17.5 Å². The van der Waals surface area contributed by atoms with E-state index in [9.17, 15) is 0 Å². The first-order valence-electron chi connectivity index (χ1n) is 15.8. The normalized spacial score (nSPS) is 11.4. The first kappa shape index (κ1) is 27.0. The second kappa shape index (κ2) is 11.2. The average Bonchev–Trinajstić information content (AvgIpc) is 3.49. The topological polar surface area (TPSA) is 43.6 Å². The smallest absolute Gasteiger partial charge is 0.164 e. The highest BCUT2D eigenvalue weighted by molar-refractivity contribution is 6.10. The van der Waals surface area contributed by atoms with E-state index in [0.717, 1.165) is 27.8 Å². The molecule has 4 nitrogen and oxygen atoms in total. The third kappa shape index (κ3) is 4.84. The van der Waals surface area contributed by atoms with Gasteiger partial charge in [-0.1, -0.05) is 127 Å². The van der Waals surface area contributed by atoms with Crippen LogP contribution < -0.4 is 0 Å². The van der Waals surface area contributed by atoms with Gasteiger partial charge in [-0.2, -0.15) is 0 Å². The van der Waals surface area contributed by atoms with Gasteiger partial charge >= 0.3 is 0 Å². The zero-order valence-electron chi connectivity index (χ0n) is 25.5. The number of para-hydroxylation sites is 2. The second-order valence-corrected chi connectivity index (χ2v) is 11.7. The summed E-state index contributed by atoms with van der Waals surface area (Å²) >= 11 is 0. The van der Waals surface area contributed by atoms with Crippen molar-refractivity contribution in [2.45, 2.75) is 0 Å². The van der Waals surface area contributed by atoms with Crippen molar-refractivity contribution >= 4 is 32.6 Å². The van der Waals surface area contributed by atoms with Crippen molar-refractivity contribution in [3.63, 3.8) is 0 Å². The van der Waals surface area contributed by atoms with Crippen LogP contribution in [0.15, 0.2) is 170 Å². The monoisotopic (exact) mass is 600 g/mol. The molecule has 0 N–H and O–H groups in total. The van der Waals surface area contributed by atoms with Crippen LogP contribution in [0.2, 0.25) is 0 Å². The Kier molecular flexibility index (Phi) is 6.43. The minimum atomic E-state index is 0.653. The molecule has 9 rings (SSSR count). The number of hydrogen-bond acceptors (Lipinski definition) is 3. The summed E-state index contributed by atoms with van der Waals surface area (Å²) in [7, 11) is 0. The Morgan fingerprint density at radius 3 is 1.49 bits per heavy atom. The predicted octanol–water partition coefficient (Wildman–Crippen LogP) is 10.8. The summed E-state index contributed by atoms with van der Waals surface area (Å²) < 4.78 is 2.35. The maximum absolute atomic E-state index is 4.95. The molecule has 0 aliphatic rings. The van der Waals surface area contributed by atoms with Gasteiger partial charge in [0.25, 0.3) is 0 Å². The molecule has 0 spiro atoms. The largest absolute Gasteiger partial charge is 0.309 e. The van der Waals surface area contributed by atoms with E-state index in [1.807, 2.05) is 60.7 Å². The van der Waals surface area contributed by atoms with Crippen LogP contribution in [-0.2, 0) is 0 Å². The van der Waals surface area contributed by atoms with Crippen LogP contribution in [-0.4, -0.2) is 19.5 Å². The third-order valence-corrected chi connectivity index (χ3v) is 8.82. The molecule has 9 aromatic rings. The van der Waals surface area contributed by atoms with Gasteiger partial charge in [-0.05, 0) is 64.4 Å². The van der Waals surface area contributed by atoms with Crippen molar-refractivity contribution in [1.29, 1.82) is 0 Å². The molecule has 0 unspecified atom stereocenters. The molecular formula is C43H28N4. The molecule has 2 aromatic heterocycles. The molecular weight excluding hydrogens is 573 g/mol.